The first-order valence-electron chi connectivity index (χ1n) is 5.83. The van der Waals surface area contributed by atoms with Crippen LogP contribution in [0.15, 0.2) is 0 Å². The molecule has 0 aromatic heterocycles. The molecule has 0 saturated carbocycles. The van der Waals surface area contributed by atoms with Crippen LogP contribution in [0.25, 0.3) is 0 Å². The lowest BCUT2D eigenvalue weighted by Gasteiger charge is -2.39. The molecule has 0 amide bonds. The lowest BCUT2D eigenvalue weighted by atomic mass is 10.1. The van der Waals surface area contributed by atoms with E-state index < -0.39 is 0 Å². The van der Waals surface area contributed by atoms with Gasteiger partial charge in [0.15, 0.2) is 0 Å². The van der Waals surface area contributed by atoms with Crippen LogP contribution in [0, 0.1) is 0 Å². The molecule has 2 fully saturated rings. The van der Waals surface area contributed by atoms with E-state index in [1.165, 1.54) is 18.8 Å². The number of thioether (sulfide) groups is 1. The van der Waals surface area contributed by atoms with Gasteiger partial charge in [0.1, 0.15) is 0 Å². The van der Waals surface area contributed by atoms with Gasteiger partial charge < -0.3 is 10.1 Å². The van der Waals surface area contributed by atoms with Crippen LogP contribution >= 0.6 is 11.8 Å². The minimum atomic E-state index is 0.424. The summed E-state index contributed by atoms with van der Waals surface area (Å²) in [5, 5.41) is 3.52. The number of ether oxygens (including phenoxy) is 1. The standard InChI is InChI=1S/C11H22N2OS/c1-11(2)9-13(4-6-15-11)7-10-8-14-5-3-12-10/h10,12H,3-9H2,1-2H3. The van der Waals surface area contributed by atoms with Gasteiger partial charge in [0.2, 0.25) is 0 Å². The Balaban J connectivity index is 1.78. The molecule has 2 saturated heterocycles. The lowest BCUT2D eigenvalue weighted by Crippen LogP contribution is -2.52. The van der Waals surface area contributed by atoms with Crippen molar-refractivity contribution in [1.29, 1.82) is 0 Å². The highest BCUT2D eigenvalue weighted by Gasteiger charge is 2.28. The van der Waals surface area contributed by atoms with Gasteiger partial charge in [-0.15, -0.1) is 0 Å². The molecule has 0 spiro atoms. The monoisotopic (exact) mass is 230 g/mol. The Hall–Kier alpha value is 0.230. The molecule has 4 heteroatoms. The van der Waals surface area contributed by atoms with Gasteiger partial charge in [-0.05, 0) is 13.8 Å². The Bertz CT molecular complexity index is 205. The van der Waals surface area contributed by atoms with Crippen LogP contribution in [-0.2, 0) is 4.74 Å². The molecule has 88 valence electrons. The number of hydrogen-bond acceptors (Lipinski definition) is 4. The second kappa shape index (κ2) is 5.04. The molecule has 0 aromatic rings. The summed E-state index contributed by atoms with van der Waals surface area (Å²) in [7, 11) is 0. The van der Waals surface area contributed by atoms with Crippen molar-refractivity contribution in [3.05, 3.63) is 0 Å². The van der Waals surface area contributed by atoms with Crippen molar-refractivity contribution in [1.82, 2.24) is 10.2 Å². The molecule has 3 nitrogen and oxygen atoms in total. The summed E-state index contributed by atoms with van der Waals surface area (Å²) in [5.74, 6) is 1.26. The van der Waals surface area contributed by atoms with Crippen molar-refractivity contribution in [2.75, 3.05) is 45.1 Å². The summed E-state index contributed by atoms with van der Waals surface area (Å²) < 4.78 is 5.91. The van der Waals surface area contributed by atoms with Gasteiger partial charge in [0.25, 0.3) is 0 Å². The van der Waals surface area contributed by atoms with E-state index in [2.05, 4.69) is 35.8 Å². The van der Waals surface area contributed by atoms with E-state index in [-0.39, 0.29) is 0 Å². The zero-order valence-electron chi connectivity index (χ0n) is 9.79. The molecule has 1 N–H and O–H groups in total. The molecule has 1 atom stereocenters. The number of nitrogens with one attached hydrogen (secondary N) is 1. The zero-order chi connectivity index (χ0) is 10.7. The van der Waals surface area contributed by atoms with Crippen molar-refractivity contribution in [3.8, 4) is 0 Å². The maximum absolute atomic E-state index is 5.48. The van der Waals surface area contributed by atoms with Crippen LogP contribution < -0.4 is 5.32 Å². The molecule has 2 aliphatic rings. The average Bonchev–Trinajstić information content (AvgIpc) is 2.17. The maximum Gasteiger partial charge on any atom is 0.0632 e. The zero-order valence-corrected chi connectivity index (χ0v) is 10.6. The van der Waals surface area contributed by atoms with Gasteiger partial charge in [-0.25, -0.2) is 0 Å². The molecular formula is C11H22N2OS. The molecule has 0 bridgehead atoms. The first kappa shape index (κ1) is 11.7. The predicted molar refractivity (Wildman–Crippen MR) is 65.6 cm³/mol. The van der Waals surface area contributed by atoms with E-state index in [0.717, 1.165) is 26.3 Å². The average molecular weight is 230 g/mol. The Morgan fingerprint density at radius 1 is 1.53 bits per heavy atom. The van der Waals surface area contributed by atoms with Crippen LogP contribution in [0.1, 0.15) is 13.8 Å². The first-order chi connectivity index (χ1) is 7.16. The molecule has 2 heterocycles. The molecule has 0 aliphatic carbocycles. The van der Waals surface area contributed by atoms with Crippen molar-refractivity contribution in [2.24, 2.45) is 0 Å². The van der Waals surface area contributed by atoms with Crippen LogP contribution in [-0.4, -0.2) is 60.8 Å². The molecule has 0 radical (unpaired) electrons. The SMILES string of the molecule is CC1(C)CN(CC2COCCN2)CCS1. The fraction of sp³-hybridized carbons (Fsp3) is 1.00. The minimum absolute atomic E-state index is 0.424. The third kappa shape index (κ3) is 3.63. The maximum atomic E-state index is 5.48. The van der Waals surface area contributed by atoms with Crippen LogP contribution in [0.2, 0.25) is 0 Å². The smallest absolute Gasteiger partial charge is 0.0632 e. The number of rotatable bonds is 2. The third-order valence-electron chi connectivity index (χ3n) is 2.98. The van der Waals surface area contributed by atoms with Gasteiger partial charge >= 0.3 is 0 Å². The van der Waals surface area contributed by atoms with Gasteiger partial charge in [-0.2, -0.15) is 11.8 Å². The summed E-state index contributed by atoms with van der Waals surface area (Å²) in [6.45, 7) is 11.0. The lowest BCUT2D eigenvalue weighted by molar-refractivity contribution is 0.0612. The topological polar surface area (TPSA) is 24.5 Å². The van der Waals surface area contributed by atoms with Gasteiger partial charge in [0, 0.05) is 42.7 Å². The van der Waals surface area contributed by atoms with Crippen LogP contribution in [0.4, 0.5) is 0 Å². The largest absolute Gasteiger partial charge is 0.378 e. The Kier molecular flexibility index (Phi) is 3.93. The first-order valence-corrected chi connectivity index (χ1v) is 6.82. The second-order valence-electron chi connectivity index (χ2n) is 5.07. The van der Waals surface area contributed by atoms with E-state index in [9.17, 15) is 0 Å². The Morgan fingerprint density at radius 3 is 3.07 bits per heavy atom. The van der Waals surface area contributed by atoms with Gasteiger partial charge in [0.05, 0.1) is 13.2 Å². The Morgan fingerprint density at radius 2 is 2.40 bits per heavy atom. The third-order valence-corrected chi connectivity index (χ3v) is 4.28. The summed E-state index contributed by atoms with van der Waals surface area (Å²) in [6.07, 6.45) is 0. The Labute approximate surface area is 96.9 Å². The minimum Gasteiger partial charge on any atom is -0.378 e. The summed E-state index contributed by atoms with van der Waals surface area (Å²) in [4.78, 5) is 2.57. The quantitative estimate of drug-likeness (QED) is 0.758. The summed E-state index contributed by atoms with van der Waals surface area (Å²) in [5.41, 5.74) is 0. The molecule has 1 unspecified atom stereocenters. The van der Waals surface area contributed by atoms with E-state index in [4.69, 9.17) is 4.74 Å². The predicted octanol–water partition coefficient (Wildman–Crippen LogP) is 0.802. The number of hydrogen-bond donors (Lipinski definition) is 1. The van der Waals surface area contributed by atoms with Gasteiger partial charge in [-0.1, -0.05) is 0 Å². The fourth-order valence-corrected chi connectivity index (χ4v) is 3.49. The molecule has 2 aliphatic heterocycles. The number of nitrogens with zero attached hydrogens (tertiary/aromatic N) is 1. The highest BCUT2D eigenvalue weighted by Crippen LogP contribution is 2.29. The normalized spacial score (nSPS) is 32.8. The van der Waals surface area contributed by atoms with Gasteiger partial charge in [-0.3, -0.25) is 4.90 Å². The second-order valence-corrected chi connectivity index (χ2v) is 6.87. The highest BCUT2D eigenvalue weighted by atomic mass is 32.2. The van der Waals surface area contributed by atoms with E-state index in [1.54, 1.807) is 0 Å². The summed E-state index contributed by atoms with van der Waals surface area (Å²) in [6, 6.07) is 0.539. The van der Waals surface area contributed by atoms with Crippen LogP contribution in [0.3, 0.4) is 0 Å². The van der Waals surface area contributed by atoms with Crippen molar-refractivity contribution < 1.29 is 4.74 Å². The van der Waals surface area contributed by atoms with Crippen molar-refractivity contribution in [2.45, 2.75) is 24.6 Å². The highest BCUT2D eigenvalue weighted by molar-refractivity contribution is 8.00. The summed E-state index contributed by atoms with van der Waals surface area (Å²) >= 11 is 2.09. The van der Waals surface area contributed by atoms with Crippen molar-refractivity contribution in [3.63, 3.8) is 0 Å². The molecule has 2 rings (SSSR count). The fourth-order valence-electron chi connectivity index (χ4n) is 2.32. The molecule has 15 heavy (non-hydrogen) atoms. The van der Waals surface area contributed by atoms with Crippen LogP contribution in [0.5, 0.6) is 0 Å². The van der Waals surface area contributed by atoms with E-state index in [0.29, 0.717) is 10.8 Å². The molecular weight excluding hydrogens is 208 g/mol. The van der Waals surface area contributed by atoms with E-state index in [1.807, 2.05) is 0 Å². The number of morpholine rings is 1. The van der Waals surface area contributed by atoms with Crippen molar-refractivity contribution >= 4 is 11.8 Å². The van der Waals surface area contributed by atoms with E-state index >= 15 is 0 Å². The molecule has 0 aromatic carbocycles.